The van der Waals surface area contributed by atoms with Gasteiger partial charge in [-0.3, -0.25) is 0 Å². The normalized spacial score (nSPS) is 12.0. The maximum absolute atomic E-state index is 12.1. The maximum Gasteiger partial charge on any atom is 0.308 e. The van der Waals surface area contributed by atoms with Gasteiger partial charge in [0.2, 0.25) is 0 Å². The third kappa shape index (κ3) is 2.16. The van der Waals surface area contributed by atoms with Gasteiger partial charge in [-0.15, -0.1) is 0 Å². The number of rotatable bonds is 3. The first kappa shape index (κ1) is 12.8. The zero-order chi connectivity index (χ0) is 13.3. The van der Waals surface area contributed by atoms with Crippen LogP contribution in [0, 0.1) is 6.92 Å². The summed E-state index contributed by atoms with van der Waals surface area (Å²) in [6.07, 6.45) is 2.86. The van der Waals surface area contributed by atoms with E-state index in [2.05, 4.69) is 4.98 Å². The van der Waals surface area contributed by atoms with Crippen LogP contribution in [0.4, 0.5) is 0 Å². The second-order valence-corrected chi connectivity index (χ2v) is 6.25. The highest BCUT2D eigenvalue weighted by molar-refractivity contribution is 7.87. The number of nitrogens with zero attached hydrogens (tertiary/aromatic N) is 3. The summed E-state index contributed by atoms with van der Waals surface area (Å²) in [4.78, 5) is 3.93. The summed E-state index contributed by atoms with van der Waals surface area (Å²) in [6.45, 7) is 1.98. The van der Waals surface area contributed by atoms with Crippen LogP contribution in [0.5, 0.6) is 0 Å². The van der Waals surface area contributed by atoms with Gasteiger partial charge in [0, 0.05) is 19.7 Å². The van der Waals surface area contributed by atoms with E-state index in [-0.39, 0.29) is 0 Å². The molecule has 0 radical (unpaired) electrons. The zero-order valence-electron chi connectivity index (χ0n) is 10.5. The number of aryl methyl sites for hydroxylation is 1. The van der Waals surface area contributed by atoms with Crippen LogP contribution >= 0.6 is 0 Å². The highest BCUT2D eigenvalue weighted by atomic mass is 32.2. The van der Waals surface area contributed by atoms with E-state index in [4.69, 9.17) is 0 Å². The molecule has 2 rings (SSSR count). The minimum Gasteiger partial charge on any atom is -0.243 e. The van der Waals surface area contributed by atoms with Crippen LogP contribution in [0.25, 0.3) is 11.3 Å². The Morgan fingerprint density at radius 3 is 2.33 bits per heavy atom. The van der Waals surface area contributed by atoms with Crippen molar-refractivity contribution in [2.75, 3.05) is 14.1 Å². The Bertz CT molecular complexity index is 642. The molecule has 0 N–H and O–H groups in total. The summed E-state index contributed by atoms with van der Waals surface area (Å²) in [5, 5.41) is 0. The summed E-state index contributed by atoms with van der Waals surface area (Å²) < 4.78 is 26.5. The predicted molar refractivity (Wildman–Crippen MR) is 70.4 cm³/mol. The number of hydrogen-bond donors (Lipinski definition) is 0. The van der Waals surface area contributed by atoms with Crippen LogP contribution in [0.3, 0.4) is 0 Å². The molecule has 18 heavy (non-hydrogen) atoms. The van der Waals surface area contributed by atoms with E-state index in [1.165, 1.54) is 24.4 Å². The van der Waals surface area contributed by atoms with Gasteiger partial charge in [0.1, 0.15) is 6.33 Å². The molecular formula is C12H15N3O2S. The molecule has 2 aromatic rings. The van der Waals surface area contributed by atoms with Gasteiger partial charge in [0.15, 0.2) is 0 Å². The molecule has 1 aromatic heterocycles. The first-order valence-corrected chi connectivity index (χ1v) is 6.85. The maximum atomic E-state index is 12.1. The SMILES string of the molecule is Cc1ccc(-c2cncn2S(=O)(=O)N(C)C)cc1. The molecule has 0 saturated carbocycles. The second kappa shape index (κ2) is 4.55. The van der Waals surface area contributed by atoms with E-state index in [1.807, 2.05) is 31.2 Å². The lowest BCUT2D eigenvalue weighted by Crippen LogP contribution is -2.28. The lowest BCUT2D eigenvalue weighted by atomic mass is 10.1. The molecule has 1 aromatic carbocycles. The van der Waals surface area contributed by atoms with Crippen molar-refractivity contribution in [3.05, 3.63) is 42.4 Å². The second-order valence-electron chi connectivity index (χ2n) is 4.23. The van der Waals surface area contributed by atoms with Crippen molar-refractivity contribution in [3.8, 4) is 11.3 Å². The fraction of sp³-hybridized carbons (Fsp3) is 0.250. The average Bonchev–Trinajstić information content (AvgIpc) is 2.79. The first-order valence-electron chi connectivity index (χ1n) is 5.45. The lowest BCUT2D eigenvalue weighted by molar-refractivity contribution is 0.511. The van der Waals surface area contributed by atoms with Gasteiger partial charge in [0.25, 0.3) is 0 Å². The highest BCUT2D eigenvalue weighted by Gasteiger charge is 2.20. The van der Waals surface area contributed by atoms with Crippen molar-refractivity contribution in [2.24, 2.45) is 0 Å². The summed E-state index contributed by atoms with van der Waals surface area (Å²) in [5.74, 6) is 0. The molecule has 5 nitrogen and oxygen atoms in total. The third-order valence-electron chi connectivity index (χ3n) is 2.66. The van der Waals surface area contributed by atoms with E-state index in [0.29, 0.717) is 5.69 Å². The molecule has 0 atom stereocenters. The molecule has 0 aliphatic heterocycles. The van der Waals surface area contributed by atoms with Gasteiger partial charge in [-0.2, -0.15) is 12.7 Å². The summed E-state index contributed by atoms with van der Waals surface area (Å²) in [7, 11) is -0.546. The fourth-order valence-electron chi connectivity index (χ4n) is 1.57. The van der Waals surface area contributed by atoms with Gasteiger partial charge >= 0.3 is 10.2 Å². The van der Waals surface area contributed by atoms with Crippen LogP contribution in [0.2, 0.25) is 0 Å². The standard InChI is InChI=1S/C12H15N3O2S/c1-10-4-6-11(7-5-10)12-8-13-9-15(12)18(16,17)14(2)3/h4-9H,1-3H3. The molecule has 0 amide bonds. The molecule has 0 spiro atoms. The van der Waals surface area contributed by atoms with E-state index < -0.39 is 10.2 Å². The van der Waals surface area contributed by atoms with Crippen LogP contribution in [-0.4, -0.2) is 35.8 Å². The van der Waals surface area contributed by atoms with Gasteiger partial charge in [0.05, 0.1) is 11.9 Å². The third-order valence-corrected chi connectivity index (χ3v) is 4.37. The van der Waals surface area contributed by atoms with E-state index in [1.54, 1.807) is 6.20 Å². The minimum absolute atomic E-state index is 0.559. The van der Waals surface area contributed by atoms with Gasteiger partial charge < -0.3 is 0 Å². The van der Waals surface area contributed by atoms with Gasteiger partial charge in [-0.05, 0) is 6.92 Å². The molecular weight excluding hydrogens is 250 g/mol. The first-order chi connectivity index (χ1) is 8.43. The summed E-state index contributed by atoms with van der Waals surface area (Å²) in [5.41, 5.74) is 2.51. The van der Waals surface area contributed by atoms with Crippen molar-refractivity contribution in [1.29, 1.82) is 0 Å². The molecule has 0 aliphatic rings. The van der Waals surface area contributed by atoms with Crippen molar-refractivity contribution < 1.29 is 8.42 Å². The Balaban J connectivity index is 2.56. The van der Waals surface area contributed by atoms with Crippen molar-refractivity contribution >= 4 is 10.2 Å². The van der Waals surface area contributed by atoms with E-state index >= 15 is 0 Å². The minimum atomic E-state index is -3.53. The lowest BCUT2D eigenvalue weighted by Gasteiger charge is -2.14. The van der Waals surface area contributed by atoms with Crippen LogP contribution in [0.15, 0.2) is 36.8 Å². The van der Waals surface area contributed by atoms with E-state index in [9.17, 15) is 8.42 Å². The highest BCUT2D eigenvalue weighted by Crippen LogP contribution is 2.21. The Morgan fingerprint density at radius 1 is 1.17 bits per heavy atom. The van der Waals surface area contributed by atoms with Crippen molar-refractivity contribution in [3.63, 3.8) is 0 Å². The number of imidazole rings is 1. The van der Waals surface area contributed by atoms with E-state index in [0.717, 1.165) is 15.4 Å². The average molecular weight is 265 g/mol. The van der Waals surface area contributed by atoms with Crippen LogP contribution in [-0.2, 0) is 10.2 Å². The molecule has 1 heterocycles. The molecule has 6 heteroatoms. The Morgan fingerprint density at radius 2 is 1.78 bits per heavy atom. The molecule has 0 bridgehead atoms. The Hall–Kier alpha value is -1.66. The quantitative estimate of drug-likeness (QED) is 0.845. The van der Waals surface area contributed by atoms with Gasteiger partial charge in [-0.1, -0.05) is 29.8 Å². The van der Waals surface area contributed by atoms with Gasteiger partial charge in [-0.25, -0.2) is 8.96 Å². The Labute approximate surface area is 107 Å². The van der Waals surface area contributed by atoms with Crippen LogP contribution in [0.1, 0.15) is 5.56 Å². The fourth-order valence-corrected chi connectivity index (χ4v) is 2.50. The monoisotopic (exact) mass is 265 g/mol. The molecule has 0 unspecified atom stereocenters. The predicted octanol–water partition coefficient (Wildman–Crippen LogP) is 1.51. The number of benzene rings is 1. The largest absolute Gasteiger partial charge is 0.308 e. The number of aromatic nitrogens is 2. The Kier molecular flexibility index (Phi) is 3.23. The topological polar surface area (TPSA) is 55.2 Å². The van der Waals surface area contributed by atoms with Crippen molar-refractivity contribution in [2.45, 2.75) is 6.92 Å². The number of hydrogen-bond acceptors (Lipinski definition) is 3. The zero-order valence-corrected chi connectivity index (χ0v) is 11.3. The van der Waals surface area contributed by atoms with Crippen LogP contribution < -0.4 is 0 Å². The smallest absolute Gasteiger partial charge is 0.243 e. The summed E-state index contributed by atoms with van der Waals surface area (Å²) >= 11 is 0. The summed E-state index contributed by atoms with van der Waals surface area (Å²) in [6, 6.07) is 7.64. The molecule has 96 valence electrons. The molecule has 0 saturated heterocycles. The van der Waals surface area contributed by atoms with Crippen molar-refractivity contribution in [1.82, 2.24) is 13.3 Å². The molecule has 0 aliphatic carbocycles. The molecule has 0 fully saturated rings.